The molecule has 25 heavy (non-hydrogen) atoms. The molecule has 4 heteroatoms. The standard InChI is InChI=1S/C21H26N2O2/c1-14(2)15-3-5-16(6-4-15)17-7-8-20(19(13-17)21(22)24)23-18-9-11-25-12-10-18/h3-8,13-14,18,23H,9-12H2,1-2H3,(H2,22,24). The minimum atomic E-state index is -0.407. The number of anilines is 1. The second-order valence-corrected chi connectivity index (χ2v) is 6.93. The number of nitrogens with one attached hydrogen (secondary N) is 1. The van der Waals surface area contributed by atoms with E-state index in [-0.39, 0.29) is 0 Å². The van der Waals surface area contributed by atoms with Gasteiger partial charge in [-0.3, -0.25) is 4.79 Å². The van der Waals surface area contributed by atoms with E-state index >= 15 is 0 Å². The fourth-order valence-corrected chi connectivity index (χ4v) is 3.18. The molecule has 0 saturated carbocycles. The zero-order valence-corrected chi connectivity index (χ0v) is 14.9. The van der Waals surface area contributed by atoms with E-state index in [1.54, 1.807) is 0 Å². The number of hydrogen-bond donors (Lipinski definition) is 2. The first kappa shape index (κ1) is 17.5. The molecular weight excluding hydrogens is 312 g/mol. The van der Waals surface area contributed by atoms with Crippen LogP contribution in [0.1, 0.15) is 48.5 Å². The van der Waals surface area contributed by atoms with Crippen LogP contribution < -0.4 is 11.1 Å². The van der Waals surface area contributed by atoms with Crippen LogP contribution >= 0.6 is 0 Å². The van der Waals surface area contributed by atoms with Gasteiger partial charge in [0.15, 0.2) is 0 Å². The predicted octanol–water partition coefficient (Wildman–Crippen LogP) is 4.17. The molecule has 1 fully saturated rings. The van der Waals surface area contributed by atoms with Crippen LogP contribution in [-0.2, 0) is 4.74 Å². The molecule has 0 aliphatic carbocycles. The van der Waals surface area contributed by atoms with Crippen LogP contribution in [0.25, 0.3) is 11.1 Å². The van der Waals surface area contributed by atoms with Crippen LogP contribution in [0.15, 0.2) is 42.5 Å². The van der Waals surface area contributed by atoms with Gasteiger partial charge in [-0.15, -0.1) is 0 Å². The third-order valence-corrected chi connectivity index (χ3v) is 4.78. The molecule has 2 aromatic carbocycles. The summed E-state index contributed by atoms with van der Waals surface area (Å²) in [4.78, 5) is 11.9. The zero-order valence-electron chi connectivity index (χ0n) is 14.9. The molecule has 0 bridgehead atoms. The molecule has 4 nitrogen and oxygen atoms in total. The molecule has 0 atom stereocenters. The molecule has 3 rings (SSSR count). The maximum absolute atomic E-state index is 11.9. The minimum Gasteiger partial charge on any atom is -0.381 e. The third kappa shape index (κ3) is 4.20. The van der Waals surface area contributed by atoms with Crippen molar-refractivity contribution in [3.8, 4) is 11.1 Å². The summed E-state index contributed by atoms with van der Waals surface area (Å²) in [5, 5.41) is 3.45. The molecule has 132 valence electrons. The Morgan fingerprint density at radius 1 is 1.08 bits per heavy atom. The summed E-state index contributed by atoms with van der Waals surface area (Å²) in [6, 6.07) is 14.7. The van der Waals surface area contributed by atoms with Crippen molar-refractivity contribution in [3.63, 3.8) is 0 Å². The highest BCUT2D eigenvalue weighted by Gasteiger charge is 2.17. The number of benzene rings is 2. The minimum absolute atomic E-state index is 0.322. The lowest BCUT2D eigenvalue weighted by atomic mass is 9.97. The fraction of sp³-hybridized carbons (Fsp3) is 0.381. The molecule has 1 aliphatic rings. The Morgan fingerprint density at radius 2 is 1.72 bits per heavy atom. The number of hydrogen-bond acceptors (Lipinski definition) is 3. The second kappa shape index (κ2) is 7.70. The largest absolute Gasteiger partial charge is 0.381 e. The van der Waals surface area contributed by atoms with E-state index in [4.69, 9.17) is 10.5 Å². The Hall–Kier alpha value is -2.33. The smallest absolute Gasteiger partial charge is 0.250 e. The average Bonchev–Trinajstić information content (AvgIpc) is 2.63. The molecular formula is C21H26N2O2. The van der Waals surface area contributed by atoms with Gasteiger partial charge in [0.25, 0.3) is 5.91 Å². The van der Waals surface area contributed by atoms with Crippen molar-refractivity contribution in [2.45, 2.75) is 38.6 Å². The molecule has 0 aromatic heterocycles. The molecule has 3 N–H and O–H groups in total. The first-order valence-corrected chi connectivity index (χ1v) is 8.93. The predicted molar refractivity (Wildman–Crippen MR) is 102 cm³/mol. The van der Waals surface area contributed by atoms with Crippen LogP contribution in [0, 0.1) is 0 Å². The van der Waals surface area contributed by atoms with Crippen molar-refractivity contribution >= 4 is 11.6 Å². The van der Waals surface area contributed by atoms with Gasteiger partial charge in [-0.2, -0.15) is 0 Å². The van der Waals surface area contributed by atoms with Crippen molar-refractivity contribution < 1.29 is 9.53 Å². The fourth-order valence-electron chi connectivity index (χ4n) is 3.18. The summed E-state index contributed by atoms with van der Waals surface area (Å²) < 4.78 is 5.39. The number of primary amides is 1. The van der Waals surface area contributed by atoms with Crippen LogP contribution in [-0.4, -0.2) is 25.2 Å². The van der Waals surface area contributed by atoms with E-state index < -0.39 is 5.91 Å². The van der Waals surface area contributed by atoms with Gasteiger partial charge >= 0.3 is 0 Å². The zero-order chi connectivity index (χ0) is 17.8. The van der Waals surface area contributed by atoms with Gasteiger partial charge in [-0.25, -0.2) is 0 Å². The molecule has 0 unspecified atom stereocenters. The summed E-state index contributed by atoms with van der Waals surface area (Å²) in [5.74, 6) is 0.0940. The first-order chi connectivity index (χ1) is 12.0. The molecule has 1 amide bonds. The Bertz CT molecular complexity index is 732. The van der Waals surface area contributed by atoms with Gasteiger partial charge in [0, 0.05) is 24.9 Å². The van der Waals surface area contributed by atoms with Crippen LogP contribution in [0.5, 0.6) is 0 Å². The SMILES string of the molecule is CC(C)c1ccc(-c2ccc(NC3CCOCC3)c(C(N)=O)c2)cc1. The van der Waals surface area contributed by atoms with Gasteiger partial charge < -0.3 is 15.8 Å². The van der Waals surface area contributed by atoms with E-state index in [2.05, 4.69) is 43.4 Å². The normalized spacial score (nSPS) is 15.3. The number of nitrogens with two attached hydrogens (primary N) is 1. The molecule has 2 aromatic rings. The average molecular weight is 338 g/mol. The maximum atomic E-state index is 11.9. The molecule has 1 aliphatic heterocycles. The van der Waals surface area contributed by atoms with Crippen LogP contribution in [0.2, 0.25) is 0 Å². The van der Waals surface area contributed by atoms with Crippen LogP contribution in [0.3, 0.4) is 0 Å². The van der Waals surface area contributed by atoms with Crippen molar-refractivity contribution in [3.05, 3.63) is 53.6 Å². The Morgan fingerprint density at radius 3 is 2.32 bits per heavy atom. The summed E-state index contributed by atoms with van der Waals surface area (Å²) in [5.41, 5.74) is 10.4. The van der Waals surface area contributed by atoms with Crippen molar-refractivity contribution in [2.75, 3.05) is 18.5 Å². The summed E-state index contributed by atoms with van der Waals surface area (Å²) >= 11 is 0. The Kier molecular flexibility index (Phi) is 5.39. The number of amides is 1. The van der Waals surface area contributed by atoms with Gasteiger partial charge in [-0.05, 0) is 47.6 Å². The lowest BCUT2D eigenvalue weighted by Gasteiger charge is -2.25. The topological polar surface area (TPSA) is 64.3 Å². The highest BCUT2D eigenvalue weighted by molar-refractivity contribution is 6.00. The van der Waals surface area contributed by atoms with E-state index in [9.17, 15) is 4.79 Å². The Balaban J connectivity index is 1.86. The van der Waals surface area contributed by atoms with Gasteiger partial charge in [0.2, 0.25) is 0 Å². The summed E-state index contributed by atoms with van der Waals surface area (Å²) in [7, 11) is 0. The first-order valence-electron chi connectivity index (χ1n) is 8.93. The van der Waals surface area contributed by atoms with Gasteiger partial charge in [0.05, 0.1) is 5.56 Å². The van der Waals surface area contributed by atoms with Gasteiger partial charge in [0.1, 0.15) is 0 Å². The van der Waals surface area contributed by atoms with Gasteiger partial charge in [-0.1, -0.05) is 44.2 Å². The molecule has 1 saturated heterocycles. The highest BCUT2D eigenvalue weighted by Crippen LogP contribution is 2.28. The van der Waals surface area contributed by atoms with E-state index in [0.717, 1.165) is 42.9 Å². The summed E-state index contributed by atoms with van der Waals surface area (Å²) in [6.45, 7) is 5.86. The number of rotatable bonds is 5. The Labute approximate surface area is 149 Å². The van der Waals surface area contributed by atoms with E-state index in [0.29, 0.717) is 17.5 Å². The highest BCUT2D eigenvalue weighted by atomic mass is 16.5. The van der Waals surface area contributed by atoms with Crippen molar-refractivity contribution in [1.82, 2.24) is 0 Å². The maximum Gasteiger partial charge on any atom is 0.250 e. The second-order valence-electron chi connectivity index (χ2n) is 6.93. The monoisotopic (exact) mass is 338 g/mol. The van der Waals surface area contributed by atoms with Crippen molar-refractivity contribution in [2.24, 2.45) is 5.73 Å². The van der Waals surface area contributed by atoms with Crippen LogP contribution in [0.4, 0.5) is 5.69 Å². The summed E-state index contributed by atoms with van der Waals surface area (Å²) in [6.07, 6.45) is 1.88. The lowest BCUT2D eigenvalue weighted by Crippen LogP contribution is -2.29. The number of ether oxygens (including phenoxy) is 1. The number of carbonyl (C=O) groups excluding carboxylic acids is 1. The molecule has 0 radical (unpaired) electrons. The molecule has 1 heterocycles. The quantitative estimate of drug-likeness (QED) is 0.860. The third-order valence-electron chi connectivity index (χ3n) is 4.78. The molecule has 0 spiro atoms. The number of carbonyl (C=O) groups is 1. The van der Waals surface area contributed by atoms with Crippen molar-refractivity contribution in [1.29, 1.82) is 0 Å². The van der Waals surface area contributed by atoms with E-state index in [1.807, 2.05) is 18.2 Å². The van der Waals surface area contributed by atoms with E-state index in [1.165, 1.54) is 5.56 Å². The lowest BCUT2D eigenvalue weighted by molar-refractivity contribution is 0.0904.